The van der Waals surface area contributed by atoms with E-state index in [0.29, 0.717) is 36.8 Å². The third-order valence-electron chi connectivity index (χ3n) is 5.81. The quantitative estimate of drug-likeness (QED) is 0.495. The second-order valence-corrected chi connectivity index (χ2v) is 8.62. The molecule has 0 radical (unpaired) electrons. The Hall–Kier alpha value is -2.93. The topological polar surface area (TPSA) is 71.0 Å². The van der Waals surface area contributed by atoms with Crippen LogP contribution in [0.3, 0.4) is 0 Å². The monoisotopic (exact) mass is 464 g/mol. The van der Waals surface area contributed by atoms with Crippen molar-refractivity contribution in [2.75, 3.05) is 6.54 Å². The Morgan fingerprint density at radius 2 is 2.03 bits per heavy atom. The average Bonchev–Trinajstić information content (AvgIpc) is 3.12. The number of carbonyl (C=O) groups excluding carboxylic acids is 1. The highest BCUT2D eigenvalue weighted by molar-refractivity contribution is 9.10. The third-order valence-corrected chi connectivity index (χ3v) is 6.30. The molecule has 2 aromatic heterocycles. The summed E-state index contributed by atoms with van der Waals surface area (Å²) in [5.74, 6) is 0.131. The number of hydrogen-bond acceptors (Lipinski definition) is 3. The van der Waals surface area contributed by atoms with Crippen molar-refractivity contribution in [3.63, 3.8) is 0 Å². The Kier molecular flexibility index (Phi) is 4.90. The van der Waals surface area contributed by atoms with E-state index in [4.69, 9.17) is 0 Å². The van der Waals surface area contributed by atoms with Crippen LogP contribution in [0.2, 0.25) is 0 Å². The van der Waals surface area contributed by atoms with Crippen molar-refractivity contribution in [1.29, 1.82) is 0 Å². The zero-order valence-corrected chi connectivity index (χ0v) is 18.0. The molecule has 1 aliphatic rings. The number of amides is 1. The molecule has 6 nitrogen and oxygen atoms in total. The molecule has 0 saturated carbocycles. The van der Waals surface area contributed by atoms with Crippen LogP contribution >= 0.6 is 15.9 Å². The van der Waals surface area contributed by atoms with E-state index in [0.717, 1.165) is 23.0 Å². The van der Waals surface area contributed by atoms with E-state index >= 15 is 0 Å². The molecular weight excluding hydrogens is 444 g/mol. The van der Waals surface area contributed by atoms with Crippen LogP contribution in [0.15, 0.2) is 58.1 Å². The predicted octanol–water partition coefficient (Wildman–Crippen LogP) is 4.01. The number of aromatic amines is 1. The van der Waals surface area contributed by atoms with Gasteiger partial charge in [-0.2, -0.15) is 0 Å². The minimum absolute atomic E-state index is 0.0555. The van der Waals surface area contributed by atoms with E-state index in [1.54, 1.807) is 17.0 Å². The Labute approximate surface area is 181 Å². The number of rotatable bonds is 4. The summed E-state index contributed by atoms with van der Waals surface area (Å²) in [6, 6.07) is 13.5. The Balaban J connectivity index is 1.26. The lowest BCUT2D eigenvalue weighted by Crippen LogP contribution is -2.35. The molecular formula is C23H21BrN4O2. The highest BCUT2D eigenvalue weighted by Gasteiger charge is 2.23. The van der Waals surface area contributed by atoms with E-state index in [-0.39, 0.29) is 11.5 Å². The molecule has 3 heterocycles. The van der Waals surface area contributed by atoms with E-state index in [9.17, 15) is 9.59 Å². The highest BCUT2D eigenvalue weighted by atomic mass is 79.9. The Morgan fingerprint density at radius 3 is 2.93 bits per heavy atom. The van der Waals surface area contributed by atoms with Gasteiger partial charge in [0.2, 0.25) is 5.91 Å². The van der Waals surface area contributed by atoms with Crippen LogP contribution in [-0.2, 0) is 24.3 Å². The predicted molar refractivity (Wildman–Crippen MR) is 120 cm³/mol. The number of H-pyrrole nitrogens is 1. The van der Waals surface area contributed by atoms with Crippen molar-refractivity contribution in [3.8, 4) is 0 Å². The molecule has 0 atom stereocenters. The van der Waals surface area contributed by atoms with Gasteiger partial charge in [0, 0.05) is 59.1 Å². The molecule has 7 heteroatoms. The second-order valence-electron chi connectivity index (χ2n) is 7.70. The van der Waals surface area contributed by atoms with E-state index in [1.165, 1.54) is 16.6 Å². The number of halogens is 1. The molecule has 0 fully saturated rings. The van der Waals surface area contributed by atoms with Crippen LogP contribution in [-0.4, -0.2) is 31.9 Å². The van der Waals surface area contributed by atoms with Crippen LogP contribution in [0, 0.1) is 0 Å². The molecule has 0 bridgehead atoms. The van der Waals surface area contributed by atoms with Crippen LogP contribution in [0.1, 0.15) is 24.1 Å². The van der Waals surface area contributed by atoms with Crippen LogP contribution in [0.4, 0.5) is 0 Å². The fourth-order valence-corrected chi connectivity index (χ4v) is 4.58. The molecule has 4 aromatic rings. The van der Waals surface area contributed by atoms with Gasteiger partial charge in [0.15, 0.2) is 0 Å². The molecule has 30 heavy (non-hydrogen) atoms. The van der Waals surface area contributed by atoms with Gasteiger partial charge in [-0.15, -0.1) is 0 Å². The summed E-state index contributed by atoms with van der Waals surface area (Å²) in [5, 5.41) is 1.78. The molecule has 1 aliphatic heterocycles. The fourth-order valence-electron chi connectivity index (χ4n) is 4.22. The zero-order chi connectivity index (χ0) is 20.7. The molecule has 5 rings (SSSR count). The lowest BCUT2D eigenvalue weighted by molar-refractivity contribution is -0.132. The van der Waals surface area contributed by atoms with E-state index < -0.39 is 0 Å². The van der Waals surface area contributed by atoms with Gasteiger partial charge < -0.3 is 9.88 Å². The van der Waals surface area contributed by atoms with Gasteiger partial charge in [0.1, 0.15) is 0 Å². The van der Waals surface area contributed by atoms with Gasteiger partial charge in [-0.25, -0.2) is 4.98 Å². The number of nitrogens with one attached hydrogen (secondary N) is 1. The summed E-state index contributed by atoms with van der Waals surface area (Å²) < 4.78 is 2.64. The lowest BCUT2D eigenvalue weighted by Gasteiger charge is -2.27. The first-order valence-electron chi connectivity index (χ1n) is 10.1. The first kappa shape index (κ1) is 19.1. The molecule has 1 amide bonds. The molecule has 2 aromatic carbocycles. The van der Waals surface area contributed by atoms with Crippen LogP contribution < -0.4 is 5.56 Å². The first-order chi connectivity index (χ1) is 14.6. The number of hydrogen-bond donors (Lipinski definition) is 1. The van der Waals surface area contributed by atoms with Gasteiger partial charge in [-0.1, -0.05) is 28.1 Å². The van der Waals surface area contributed by atoms with Gasteiger partial charge in [0.25, 0.3) is 5.56 Å². The maximum atomic E-state index is 12.8. The average molecular weight is 465 g/mol. The number of benzene rings is 2. The molecule has 0 aliphatic carbocycles. The smallest absolute Gasteiger partial charge is 0.261 e. The number of fused-ring (bicyclic) bond motifs is 4. The van der Waals surface area contributed by atoms with E-state index in [1.807, 2.05) is 29.2 Å². The van der Waals surface area contributed by atoms with Gasteiger partial charge in [-0.05, 0) is 36.8 Å². The number of carbonyl (C=O) groups is 1. The first-order valence-corrected chi connectivity index (χ1v) is 10.9. The van der Waals surface area contributed by atoms with Crippen LogP contribution in [0.5, 0.6) is 0 Å². The largest absolute Gasteiger partial charge is 0.358 e. The Bertz CT molecular complexity index is 1320. The molecule has 1 N–H and O–H groups in total. The number of aromatic nitrogens is 3. The summed E-state index contributed by atoms with van der Waals surface area (Å²) in [5.41, 5.74) is 4.19. The number of para-hydroxylation sites is 1. The summed E-state index contributed by atoms with van der Waals surface area (Å²) in [6.45, 7) is 1.83. The standard InChI is InChI=1S/C23H21BrN4O2/c24-15-7-8-20-17(12-15)18-13-27(11-9-21(18)26-20)22(29)6-3-10-28-14-25-19-5-2-1-4-16(19)23(28)30/h1-2,4-5,7-8,12,14,26H,3,6,9-11,13H2. The molecule has 0 spiro atoms. The normalized spacial score (nSPS) is 13.7. The van der Waals surface area contributed by atoms with Crippen molar-refractivity contribution in [1.82, 2.24) is 19.4 Å². The van der Waals surface area contributed by atoms with Gasteiger partial charge in [0.05, 0.1) is 17.2 Å². The maximum Gasteiger partial charge on any atom is 0.261 e. The van der Waals surface area contributed by atoms with Crippen molar-refractivity contribution in [3.05, 3.63) is 74.9 Å². The lowest BCUT2D eigenvalue weighted by atomic mass is 10.0. The van der Waals surface area contributed by atoms with Gasteiger partial charge >= 0.3 is 0 Å². The molecule has 0 unspecified atom stereocenters. The SMILES string of the molecule is O=C(CCCn1cnc2ccccc2c1=O)N1CCc2[nH]c3ccc(Br)cc3c2C1. The minimum Gasteiger partial charge on any atom is -0.358 e. The second kappa shape index (κ2) is 7.72. The van der Waals surface area contributed by atoms with Crippen molar-refractivity contribution in [2.24, 2.45) is 0 Å². The van der Waals surface area contributed by atoms with Gasteiger partial charge in [-0.3, -0.25) is 14.2 Å². The summed E-state index contributed by atoms with van der Waals surface area (Å²) >= 11 is 3.54. The summed E-state index contributed by atoms with van der Waals surface area (Å²) in [7, 11) is 0. The maximum absolute atomic E-state index is 12.8. The molecule has 0 saturated heterocycles. The van der Waals surface area contributed by atoms with Crippen molar-refractivity contribution in [2.45, 2.75) is 32.4 Å². The molecule has 152 valence electrons. The summed E-state index contributed by atoms with van der Waals surface area (Å²) in [6.07, 6.45) is 3.44. The van der Waals surface area contributed by atoms with Crippen LogP contribution in [0.25, 0.3) is 21.8 Å². The van der Waals surface area contributed by atoms with Crippen molar-refractivity contribution < 1.29 is 4.79 Å². The highest BCUT2D eigenvalue weighted by Crippen LogP contribution is 2.30. The number of aryl methyl sites for hydroxylation is 1. The fraction of sp³-hybridized carbons (Fsp3) is 0.261. The zero-order valence-electron chi connectivity index (χ0n) is 16.4. The Morgan fingerprint density at radius 1 is 1.17 bits per heavy atom. The third kappa shape index (κ3) is 3.43. The number of nitrogens with zero attached hydrogens (tertiary/aromatic N) is 3. The minimum atomic E-state index is -0.0555. The summed E-state index contributed by atoms with van der Waals surface area (Å²) in [4.78, 5) is 35.2. The van der Waals surface area contributed by atoms with E-state index in [2.05, 4.69) is 38.0 Å². The van der Waals surface area contributed by atoms with Crippen molar-refractivity contribution >= 4 is 43.6 Å².